The lowest BCUT2D eigenvalue weighted by molar-refractivity contribution is -0.138. The molecule has 5 nitrogen and oxygen atoms in total. The first kappa shape index (κ1) is 19.4. The summed E-state index contributed by atoms with van der Waals surface area (Å²) in [5.74, 6) is -1.81. The molecule has 10 heteroatoms. The van der Waals surface area contributed by atoms with E-state index in [-0.39, 0.29) is 29.7 Å². The summed E-state index contributed by atoms with van der Waals surface area (Å²) < 4.78 is 14.2. The summed E-state index contributed by atoms with van der Waals surface area (Å²) in [4.78, 5) is 30.6. The second-order valence-corrected chi connectivity index (χ2v) is 9.17. The predicted molar refractivity (Wildman–Crippen MR) is 109 cm³/mol. The Labute approximate surface area is 177 Å². The highest BCUT2D eigenvalue weighted by Crippen LogP contribution is 2.47. The number of aliphatic carboxylic acids is 1. The molecule has 2 aromatic carbocycles. The van der Waals surface area contributed by atoms with E-state index in [9.17, 15) is 14.0 Å². The molecular formula is C18H11Cl2FN2O3S2. The number of aromatic nitrogens is 1. The molecule has 0 fully saturated rings. The van der Waals surface area contributed by atoms with Gasteiger partial charge in [0.25, 0.3) is 0 Å². The van der Waals surface area contributed by atoms with Crippen molar-refractivity contribution >= 4 is 74.1 Å². The fourth-order valence-corrected chi connectivity index (χ4v) is 5.63. The Morgan fingerprint density at radius 3 is 2.82 bits per heavy atom. The van der Waals surface area contributed by atoms with Gasteiger partial charge in [-0.2, -0.15) is 0 Å². The third-order valence-corrected chi connectivity index (χ3v) is 7.41. The molecule has 0 radical (unpaired) electrons. The van der Waals surface area contributed by atoms with E-state index in [4.69, 9.17) is 28.3 Å². The van der Waals surface area contributed by atoms with Crippen molar-refractivity contribution in [2.45, 2.75) is 23.1 Å². The molecule has 1 aliphatic rings. The first-order valence-corrected chi connectivity index (χ1v) is 10.5. The number of amides is 1. The molecule has 1 aromatic heterocycles. The minimum absolute atomic E-state index is 0.126. The second kappa shape index (κ2) is 7.51. The number of nitrogens with zero attached hydrogens (tertiary/aromatic N) is 2. The van der Waals surface area contributed by atoms with Gasteiger partial charge in [-0.3, -0.25) is 9.59 Å². The predicted octanol–water partition coefficient (Wildman–Crippen LogP) is 5.22. The Kier molecular flexibility index (Phi) is 5.22. The van der Waals surface area contributed by atoms with Crippen LogP contribution in [-0.2, 0) is 16.1 Å². The molecule has 144 valence electrons. The van der Waals surface area contributed by atoms with Crippen molar-refractivity contribution in [2.75, 3.05) is 4.90 Å². The van der Waals surface area contributed by atoms with Crippen LogP contribution >= 0.6 is 46.3 Å². The van der Waals surface area contributed by atoms with E-state index in [1.54, 1.807) is 18.2 Å². The largest absolute Gasteiger partial charge is 0.481 e. The van der Waals surface area contributed by atoms with Crippen LogP contribution in [-0.4, -0.2) is 27.2 Å². The van der Waals surface area contributed by atoms with Crippen LogP contribution in [0, 0.1) is 5.82 Å². The quantitative estimate of drug-likeness (QED) is 0.582. The molecule has 1 atom stereocenters. The van der Waals surface area contributed by atoms with Crippen LogP contribution < -0.4 is 4.90 Å². The first-order valence-electron chi connectivity index (χ1n) is 8.06. The molecule has 0 saturated heterocycles. The number of hydrogen-bond donors (Lipinski definition) is 1. The van der Waals surface area contributed by atoms with Crippen LogP contribution in [0.25, 0.3) is 10.2 Å². The average molecular weight is 457 g/mol. The highest BCUT2D eigenvalue weighted by atomic mass is 35.5. The zero-order valence-corrected chi connectivity index (χ0v) is 17.1. The Morgan fingerprint density at radius 2 is 2.07 bits per heavy atom. The van der Waals surface area contributed by atoms with Gasteiger partial charge in [0.15, 0.2) is 0 Å². The molecule has 0 aliphatic carbocycles. The number of thiazole rings is 1. The number of halogens is 3. The van der Waals surface area contributed by atoms with Crippen molar-refractivity contribution in [3.63, 3.8) is 0 Å². The lowest BCUT2D eigenvalue weighted by Gasteiger charge is -2.33. The normalized spacial score (nSPS) is 16.5. The summed E-state index contributed by atoms with van der Waals surface area (Å²) in [7, 11) is 0. The molecule has 1 unspecified atom stereocenters. The number of hydrogen-bond acceptors (Lipinski definition) is 5. The molecule has 1 aliphatic heterocycles. The monoisotopic (exact) mass is 456 g/mol. The van der Waals surface area contributed by atoms with Crippen molar-refractivity contribution in [1.29, 1.82) is 0 Å². The highest BCUT2D eigenvalue weighted by Gasteiger charge is 2.37. The van der Waals surface area contributed by atoms with Crippen molar-refractivity contribution in [3.05, 3.63) is 51.2 Å². The standard InChI is InChI=1S/C18H11Cl2FN2O3S2/c19-9-2-3-11-17(16(9)20)28-13(6-15(24)25)18(26)23(11)7-14-22-10-5-8(21)1-4-12(10)27-14/h1-5,13H,6-7H2,(H,24,25). The third kappa shape index (κ3) is 3.57. The number of anilines is 1. The van der Waals surface area contributed by atoms with E-state index in [1.807, 2.05) is 0 Å². The maximum atomic E-state index is 13.4. The third-order valence-electron chi connectivity index (χ3n) is 4.17. The Hall–Kier alpha value is -1.87. The van der Waals surface area contributed by atoms with Gasteiger partial charge in [0, 0.05) is 6.07 Å². The molecule has 1 amide bonds. The van der Waals surface area contributed by atoms with E-state index in [0.29, 0.717) is 26.1 Å². The summed E-state index contributed by atoms with van der Waals surface area (Å²) >= 11 is 14.9. The lowest BCUT2D eigenvalue weighted by atomic mass is 10.2. The molecular weight excluding hydrogens is 446 g/mol. The SMILES string of the molecule is O=C(O)CC1Sc2c(ccc(Cl)c2Cl)N(Cc2nc3cc(F)ccc3s2)C1=O. The van der Waals surface area contributed by atoms with Crippen LogP contribution in [0.3, 0.4) is 0 Å². The number of carboxylic acids is 1. The summed E-state index contributed by atoms with van der Waals surface area (Å²) in [6.07, 6.45) is -0.340. The first-order chi connectivity index (χ1) is 13.3. The van der Waals surface area contributed by atoms with Crippen LogP contribution in [0.5, 0.6) is 0 Å². The molecule has 3 aromatic rings. The fraction of sp³-hybridized carbons (Fsp3) is 0.167. The van der Waals surface area contributed by atoms with E-state index in [1.165, 1.54) is 28.4 Å². The van der Waals surface area contributed by atoms with Gasteiger partial charge >= 0.3 is 5.97 Å². The van der Waals surface area contributed by atoms with Crippen LogP contribution in [0.2, 0.25) is 10.0 Å². The molecule has 2 heterocycles. The van der Waals surface area contributed by atoms with E-state index in [0.717, 1.165) is 16.5 Å². The van der Waals surface area contributed by atoms with Crippen molar-refractivity contribution in [1.82, 2.24) is 4.98 Å². The van der Waals surface area contributed by atoms with E-state index < -0.39 is 11.2 Å². The summed E-state index contributed by atoms with van der Waals surface area (Å²) in [5.41, 5.74) is 1.06. The number of thioether (sulfide) groups is 1. The van der Waals surface area contributed by atoms with Crippen molar-refractivity contribution < 1.29 is 19.1 Å². The average Bonchev–Trinajstić information content (AvgIpc) is 3.03. The Morgan fingerprint density at radius 1 is 1.29 bits per heavy atom. The minimum atomic E-state index is -1.08. The maximum absolute atomic E-state index is 13.4. The molecule has 0 saturated carbocycles. The molecule has 4 rings (SSSR count). The van der Waals surface area contributed by atoms with Gasteiger partial charge in [0.05, 0.1) is 49.1 Å². The molecule has 1 N–H and O–H groups in total. The number of rotatable bonds is 4. The Balaban J connectivity index is 1.75. The van der Waals surface area contributed by atoms with Gasteiger partial charge in [-0.25, -0.2) is 9.37 Å². The number of carbonyl (C=O) groups is 2. The number of fused-ring (bicyclic) bond motifs is 2. The molecule has 0 spiro atoms. The smallest absolute Gasteiger partial charge is 0.305 e. The van der Waals surface area contributed by atoms with E-state index >= 15 is 0 Å². The summed E-state index contributed by atoms with van der Waals surface area (Å²) in [5, 5.41) is 9.55. The van der Waals surface area contributed by atoms with Gasteiger partial charge < -0.3 is 10.0 Å². The zero-order valence-electron chi connectivity index (χ0n) is 14.0. The van der Waals surface area contributed by atoms with E-state index in [2.05, 4.69) is 4.98 Å². The van der Waals surface area contributed by atoms with Crippen molar-refractivity contribution in [3.8, 4) is 0 Å². The lowest BCUT2D eigenvalue weighted by Crippen LogP contribution is -2.41. The van der Waals surface area contributed by atoms with Gasteiger partial charge in [-0.1, -0.05) is 23.2 Å². The number of carboxylic acid groups (broad SMARTS) is 1. The van der Waals surface area contributed by atoms with Gasteiger partial charge in [-0.05, 0) is 24.3 Å². The Bertz CT molecular complexity index is 1120. The topological polar surface area (TPSA) is 70.5 Å². The van der Waals surface area contributed by atoms with Crippen LogP contribution in [0.4, 0.5) is 10.1 Å². The summed E-state index contributed by atoms with van der Waals surface area (Å²) in [6.45, 7) is 0.126. The number of benzene rings is 2. The molecule has 28 heavy (non-hydrogen) atoms. The van der Waals surface area contributed by atoms with Gasteiger partial charge in [0.1, 0.15) is 10.8 Å². The fourth-order valence-electron chi connectivity index (χ4n) is 2.93. The van der Waals surface area contributed by atoms with Crippen molar-refractivity contribution in [2.24, 2.45) is 0 Å². The molecule has 0 bridgehead atoms. The maximum Gasteiger partial charge on any atom is 0.305 e. The minimum Gasteiger partial charge on any atom is -0.481 e. The second-order valence-electron chi connectivity index (χ2n) is 6.06. The summed E-state index contributed by atoms with van der Waals surface area (Å²) in [6, 6.07) is 7.60. The number of carbonyl (C=O) groups excluding carboxylic acids is 1. The van der Waals surface area contributed by atoms with Crippen LogP contribution in [0.1, 0.15) is 11.4 Å². The zero-order chi connectivity index (χ0) is 20.0. The van der Waals surface area contributed by atoms with Crippen LogP contribution in [0.15, 0.2) is 35.2 Å². The van der Waals surface area contributed by atoms with Gasteiger partial charge in [-0.15, -0.1) is 23.1 Å². The van der Waals surface area contributed by atoms with Gasteiger partial charge in [0.2, 0.25) is 5.91 Å². The highest BCUT2D eigenvalue weighted by molar-refractivity contribution is 8.01.